The molecule has 0 bridgehead atoms. The van der Waals surface area contributed by atoms with Gasteiger partial charge in [0.15, 0.2) is 5.82 Å². The second-order valence-corrected chi connectivity index (χ2v) is 4.88. The van der Waals surface area contributed by atoms with Crippen LogP contribution in [0.15, 0.2) is 0 Å². The zero-order valence-electron chi connectivity index (χ0n) is 11.7. The predicted molar refractivity (Wildman–Crippen MR) is 69.7 cm³/mol. The minimum Gasteiger partial charge on any atom is -0.383 e. The van der Waals surface area contributed by atoms with E-state index in [1.165, 1.54) is 6.42 Å². The highest BCUT2D eigenvalue weighted by Gasteiger charge is 2.19. The van der Waals surface area contributed by atoms with E-state index >= 15 is 0 Å². The monoisotopic (exact) mass is 269 g/mol. The van der Waals surface area contributed by atoms with Crippen molar-refractivity contribution in [1.29, 1.82) is 0 Å². The maximum absolute atomic E-state index is 5.73. The summed E-state index contributed by atoms with van der Waals surface area (Å²) >= 11 is 0. The fraction of sp³-hybridized carbons (Fsp3) is 0.917. The van der Waals surface area contributed by atoms with E-state index in [0.29, 0.717) is 6.61 Å². The van der Waals surface area contributed by atoms with Crippen molar-refractivity contribution >= 4 is 0 Å². The fourth-order valence-electron chi connectivity index (χ4n) is 2.26. The molecule has 1 aromatic rings. The summed E-state index contributed by atoms with van der Waals surface area (Å²) in [6.45, 7) is 5.10. The first-order valence-electron chi connectivity index (χ1n) is 6.91. The highest BCUT2D eigenvalue weighted by atomic mass is 16.5. The Labute approximate surface area is 113 Å². The molecule has 19 heavy (non-hydrogen) atoms. The van der Waals surface area contributed by atoms with E-state index in [0.717, 1.165) is 38.4 Å². The SMILES string of the molecule is COCCNC(C)c1nnnn1CC1CCCCO1. The van der Waals surface area contributed by atoms with E-state index < -0.39 is 0 Å². The third-order valence-electron chi connectivity index (χ3n) is 3.35. The van der Waals surface area contributed by atoms with Crippen LogP contribution in [0.1, 0.15) is 38.1 Å². The first-order chi connectivity index (χ1) is 9.31. The van der Waals surface area contributed by atoms with Crippen LogP contribution in [-0.4, -0.2) is 53.2 Å². The normalized spacial score (nSPS) is 21.5. The minimum atomic E-state index is 0.105. The molecule has 1 N–H and O–H groups in total. The summed E-state index contributed by atoms with van der Waals surface area (Å²) in [5.74, 6) is 0.852. The molecule has 1 fully saturated rings. The lowest BCUT2D eigenvalue weighted by Gasteiger charge is -2.23. The van der Waals surface area contributed by atoms with Crippen LogP contribution in [0, 0.1) is 0 Å². The zero-order chi connectivity index (χ0) is 13.5. The van der Waals surface area contributed by atoms with E-state index in [1.807, 2.05) is 4.68 Å². The molecule has 1 aliphatic heterocycles. The van der Waals surface area contributed by atoms with Gasteiger partial charge >= 0.3 is 0 Å². The summed E-state index contributed by atoms with van der Waals surface area (Å²) in [5.41, 5.74) is 0. The molecule has 0 aliphatic carbocycles. The number of nitrogens with one attached hydrogen (secondary N) is 1. The Kier molecular flexibility index (Phi) is 5.68. The van der Waals surface area contributed by atoms with Crippen molar-refractivity contribution in [2.24, 2.45) is 0 Å². The summed E-state index contributed by atoms with van der Waals surface area (Å²) in [6, 6.07) is 0.105. The minimum absolute atomic E-state index is 0.105. The molecule has 1 saturated heterocycles. The first kappa shape index (κ1) is 14.4. The summed E-state index contributed by atoms with van der Waals surface area (Å²) in [5, 5.41) is 15.3. The number of hydrogen-bond donors (Lipinski definition) is 1. The molecule has 1 aromatic heterocycles. The fourth-order valence-corrected chi connectivity index (χ4v) is 2.26. The second kappa shape index (κ2) is 7.52. The Balaban J connectivity index is 1.88. The van der Waals surface area contributed by atoms with Gasteiger partial charge in [0.25, 0.3) is 0 Å². The van der Waals surface area contributed by atoms with Crippen molar-refractivity contribution in [3.8, 4) is 0 Å². The quantitative estimate of drug-likeness (QED) is 0.728. The molecule has 0 amide bonds. The maximum atomic E-state index is 5.73. The molecule has 0 saturated carbocycles. The third-order valence-corrected chi connectivity index (χ3v) is 3.35. The average molecular weight is 269 g/mol. The van der Waals surface area contributed by atoms with E-state index in [2.05, 4.69) is 27.8 Å². The van der Waals surface area contributed by atoms with E-state index in [9.17, 15) is 0 Å². The molecule has 2 unspecified atom stereocenters. The number of rotatable bonds is 7. The number of aromatic nitrogens is 4. The van der Waals surface area contributed by atoms with Gasteiger partial charge < -0.3 is 14.8 Å². The number of methoxy groups -OCH3 is 1. The molecule has 0 spiro atoms. The van der Waals surface area contributed by atoms with Gasteiger partial charge in [-0.05, 0) is 36.6 Å². The zero-order valence-corrected chi connectivity index (χ0v) is 11.7. The van der Waals surface area contributed by atoms with Crippen molar-refractivity contribution in [2.45, 2.75) is 44.9 Å². The first-order valence-corrected chi connectivity index (χ1v) is 6.91. The summed E-state index contributed by atoms with van der Waals surface area (Å²) in [4.78, 5) is 0. The van der Waals surface area contributed by atoms with Crippen LogP contribution in [-0.2, 0) is 16.0 Å². The molecular formula is C12H23N5O2. The largest absolute Gasteiger partial charge is 0.383 e. The molecule has 0 aromatic carbocycles. The van der Waals surface area contributed by atoms with Gasteiger partial charge in [-0.25, -0.2) is 4.68 Å². The summed E-state index contributed by atoms with van der Waals surface area (Å²) < 4.78 is 12.6. The molecule has 2 rings (SSSR count). The van der Waals surface area contributed by atoms with Crippen LogP contribution in [0.25, 0.3) is 0 Å². The van der Waals surface area contributed by atoms with Gasteiger partial charge in [0.2, 0.25) is 0 Å². The predicted octanol–water partition coefficient (Wildman–Crippen LogP) is 0.539. The maximum Gasteiger partial charge on any atom is 0.168 e. The lowest BCUT2D eigenvalue weighted by molar-refractivity contribution is 0.00295. The van der Waals surface area contributed by atoms with Gasteiger partial charge in [0, 0.05) is 20.3 Å². The van der Waals surface area contributed by atoms with Crippen molar-refractivity contribution in [3.63, 3.8) is 0 Å². The van der Waals surface area contributed by atoms with Crippen LogP contribution >= 0.6 is 0 Å². The highest BCUT2D eigenvalue weighted by molar-refractivity contribution is 4.90. The Morgan fingerprint density at radius 2 is 2.42 bits per heavy atom. The Hall–Kier alpha value is -1.05. The van der Waals surface area contributed by atoms with Crippen LogP contribution in [0.2, 0.25) is 0 Å². The van der Waals surface area contributed by atoms with Gasteiger partial charge in [0.05, 0.1) is 25.3 Å². The van der Waals surface area contributed by atoms with Crippen LogP contribution in [0.4, 0.5) is 0 Å². The van der Waals surface area contributed by atoms with Gasteiger partial charge in [-0.1, -0.05) is 0 Å². The lowest BCUT2D eigenvalue weighted by Crippen LogP contribution is -2.29. The Bertz CT molecular complexity index is 365. The smallest absolute Gasteiger partial charge is 0.168 e. The summed E-state index contributed by atoms with van der Waals surface area (Å²) in [7, 11) is 1.69. The molecule has 108 valence electrons. The van der Waals surface area contributed by atoms with Crippen LogP contribution < -0.4 is 5.32 Å². The molecule has 0 radical (unpaired) electrons. The van der Waals surface area contributed by atoms with Crippen molar-refractivity contribution in [2.75, 3.05) is 26.9 Å². The highest BCUT2D eigenvalue weighted by Crippen LogP contribution is 2.16. The summed E-state index contributed by atoms with van der Waals surface area (Å²) in [6.07, 6.45) is 3.71. The molecule has 2 heterocycles. The van der Waals surface area contributed by atoms with Gasteiger partial charge in [-0.15, -0.1) is 5.10 Å². The van der Waals surface area contributed by atoms with Gasteiger partial charge in [0.1, 0.15) is 0 Å². The van der Waals surface area contributed by atoms with Crippen LogP contribution in [0.5, 0.6) is 0 Å². The second-order valence-electron chi connectivity index (χ2n) is 4.88. The average Bonchev–Trinajstić information content (AvgIpc) is 2.88. The van der Waals surface area contributed by atoms with E-state index in [4.69, 9.17) is 9.47 Å². The van der Waals surface area contributed by atoms with Crippen LogP contribution in [0.3, 0.4) is 0 Å². The van der Waals surface area contributed by atoms with E-state index in [1.54, 1.807) is 7.11 Å². The molecule has 7 nitrogen and oxygen atoms in total. The Morgan fingerprint density at radius 3 is 3.16 bits per heavy atom. The number of ether oxygens (including phenoxy) is 2. The number of hydrogen-bond acceptors (Lipinski definition) is 6. The number of nitrogens with zero attached hydrogens (tertiary/aromatic N) is 4. The van der Waals surface area contributed by atoms with Gasteiger partial charge in [-0.3, -0.25) is 0 Å². The molecule has 1 aliphatic rings. The number of tetrazole rings is 1. The molecule has 2 atom stereocenters. The van der Waals surface area contributed by atoms with Gasteiger partial charge in [-0.2, -0.15) is 0 Å². The van der Waals surface area contributed by atoms with E-state index in [-0.39, 0.29) is 12.1 Å². The third kappa shape index (κ3) is 4.22. The van der Waals surface area contributed by atoms with Crippen molar-refractivity contribution < 1.29 is 9.47 Å². The lowest BCUT2D eigenvalue weighted by atomic mass is 10.1. The standard InChI is InChI=1S/C12H23N5O2/c1-10(13-6-8-18-2)12-14-15-16-17(12)9-11-5-3-4-7-19-11/h10-11,13H,3-9H2,1-2H3. The van der Waals surface area contributed by atoms with Crippen molar-refractivity contribution in [3.05, 3.63) is 5.82 Å². The Morgan fingerprint density at radius 1 is 1.53 bits per heavy atom. The topological polar surface area (TPSA) is 74.1 Å². The molecular weight excluding hydrogens is 246 g/mol. The van der Waals surface area contributed by atoms with Crippen molar-refractivity contribution in [1.82, 2.24) is 25.5 Å². The molecule has 7 heteroatoms.